The standard InChI is InChI=1S/C20H26N6O/c1-24-6-5-21-18(20(24)27)12-25-8-15-10-26(11-16(15)9-25)19-7-17(22-13-23-19)14-3-2-4-14/h5-7,13-16H,2-4,8-12H2,1H3. The fourth-order valence-electron chi connectivity index (χ4n) is 4.74. The lowest BCUT2D eigenvalue weighted by Crippen LogP contribution is -2.32. The molecule has 2 unspecified atom stereocenters. The summed E-state index contributed by atoms with van der Waals surface area (Å²) in [5.41, 5.74) is 1.88. The van der Waals surface area contributed by atoms with Crippen LogP contribution in [0.1, 0.15) is 36.6 Å². The number of nitrogens with zero attached hydrogens (tertiary/aromatic N) is 6. The molecule has 0 spiro atoms. The third-order valence-corrected chi connectivity index (χ3v) is 6.54. The monoisotopic (exact) mass is 366 g/mol. The van der Waals surface area contributed by atoms with Crippen LogP contribution in [-0.2, 0) is 13.6 Å². The highest BCUT2D eigenvalue weighted by atomic mass is 16.1. The first-order chi connectivity index (χ1) is 13.2. The molecule has 7 heteroatoms. The van der Waals surface area contributed by atoms with Crippen LogP contribution in [0.4, 0.5) is 5.82 Å². The number of likely N-dealkylation sites (tertiary alicyclic amines) is 1. The van der Waals surface area contributed by atoms with E-state index in [9.17, 15) is 4.79 Å². The molecule has 0 aromatic carbocycles. The van der Waals surface area contributed by atoms with Gasteiger partial charge in [-0.05, 0) is 24.7 Å². The van der Waals surface area contributed by atoms with Crippen LogP contribution in [0.15, 0.2) is 29.6 Å². The zero-order chi connectivity index (χ0) is 18.4. The second-order valence-corrected chi connectivity index (χ2v) is 8.34. The molecule has 1 saturated carbocycles. The van der Waals surface area contributed by atoms with Gasteiger partial charge in [0, 0.05) is 69.8 Å². The minimum absolute atomic E-state index is 0.0145. The van der Waals surface area contributed by atoms with Crippen LogP contribution >= 0.6 is 0 Å². The maximum absolute atomic E-state index is 12.2. The Morgan fingerprint density at radius 3 is 2.56 bits per heavy atom. The van der Waals surface area contributed by atoms with Crippen LogP contribution in [0.2, 0.25) is 0 Å². The number of aromatic nitrogens is 4. The van der Waals surface area contributed by atoms with Gasteiger partial charge in [-0.3, -0.25) is 14.7 Å². The topological polar surface area (TPSA) is 67.2 Å². The maximum atomic E-state index is 12.2. The van der Waals surface area contributed by atoms with E-state index in [1.165, 1.54) is 25.0 Å². The lowest BCUT2D eigenvalue weighted by Gasteiger charge is -2.26. The molecule has 0 N–H and O–H groups in total. The Morgan fingerprint density at radius 2 is 1.85 bits per heavy atom. The zero-order valence-electron chi connectivity index (χ0n) is 15.8. The summed E-state index contributed by atoms with van der Waals surface area (Å²) in [5.74, 6) is 3.01. The van der Waals surface area contributed by atoms with E-state index >= 15 is 0 Å². The molecule has 3 aliphatic rings. The highest BCUT2D eigenvalue weighted by Gasteiger charge is 2.40. The summed E-state index contributed by atoms with van der Waals surface area (Å²) in [5, 5.41) is 0. The number of rotatable bonds is 4. The van der Waals surface area contributed by atoms with E-state index < -0.39 is 0 Å². The van der Waals surface area contributed by atoms with Gasteiger partial charge in [-0.2, -0.15) is 0 Å². The Kier molecular flexibility index (Phi) is 4.19. The molecule has 4 heterocycles. The van der Waals surface area contributed by atoms with Crippen LogP contribution in [-0.4, -0.2) is 50.6 Å². The molecule has 2 aliphatic heterocycles. The summed E-state index contributed by atoms with van der Waals surface area (Å²) < 4.78 is 1.61. The van der Waals surface area contributed by atoms with E-state index in [0.29, 0.717) is 30.0 Å². The van der Waals surface area contributed by atoms with Crippen LogP contribution in [0, 0.1) is 11.8 Å². The predicted octanol–water partition coefficient (Wildman–Crippen LogP) is 1.41. The Hall–Kier alpha value is -2.28. The fourth-order valence-corrected chi connectivity index (χ4v) is 4.74. The van der Waals surface area contributed by atoms with Crippen molar-refractivity contribution in [1.82, 2.24) is 24.4 Å². The quantitative estimate of drug-likeness (QED) is 0.815. The van der Waals surface area contributed by atoms with Gasteiger partial charge in [0.25, 0.3) is 5.56 Å². The molecule has 3 fully saturated rings. The third-order valence-electron chi connectivity index (χ3n) is 6.54. The van der Waals surface area contributed by atoms with E-state index in [4.69, 9.17) is 0 Å². The minimum atomic E-state index is 0.0145. The molecule has 0 amide bonds. The van der Waals surface area contributed by atoms with Crippen molar-refractivity contribution in [3.63, 3.8) is 0 Å². The first-order valence-electron chi connectivity index (χ1n) is 9.97. The molecule has 7 nitrogen and oxygen atoms in total. The number of fused-ring (bicyclic) bond motifs is 1. The Bertz CT molecular complexity index is 878. The number of hydrogen-bond donors (Lipinski definition) is 0. The highest BCUT2D eigenvalue weighted by Crippen LogP contribution is 2.37. The summed E-state index contributed by atoms with van der Waals surface area (Å²) in [6, 6.07) is 2.21. The van der Waals surface area contributed by atoms with Crippen LogP contribution < -0.4 is 10.5 Å². The van der Waals surface area contributed by atoms with Crippen LogP contribution in [0.5, 0.6) is 0 Å². The lowest BCUT2D eigenvalue weighted by molar-refractivity contribution is 0.302. The Morgan fingerprint density at radius 1 is 1.07 bits per heavy atom. The maximum Gasteiger partial charge on any atom is 0.273 e. The molecule has 1 aliphatic carbocycles. The molecule has 2 aromatic heterocycles. The highest BCUT2D eigenvalue weighted by molar-refractivity contribution is 5.42. The van der Waals surface area contributed by atoms with Gasteiger partial charge in [-0.25, -0.2) is 9.97 Å². The molecule has 0 bridgehead atoms. The van der Waals surface area contributed by atoms with Crippen molar-refractivity contribution in [2.75, 3.05) is 31.1 Å². The molecule has 2 aromatic rings. The van der Waals surface area contributed by atoms with E-state index in [1.54, 1.807) is 30.3 Å². The summed E-state index contributed by atoms with van der Waals surface area (Å²) in [6.45, 7) is 4.80. The van der Waals surface area contributed by atoms with Crippen molar-refractivity contribution in [2.24, 2.45) is 18.9 Å². The summed E-state index contributed by atoms with van der Waals surface area (Å²) >= 11 is 0. The van der Waals surface area contributed by atoms with Crippen molar-refractivity contribution in [1.29, 1.82) is 0 Å². The smallest absolute Gasteiger partial charge is 0.273 e. The normalized spacial score (nSPS) is 25.6. The number of aryl methyl sites for hydroxylation is 1. The van der Waals surface area contributed by atoms with Gasteiger partial charge in [0.1, 0.15) is 17.8 Å². The van der Waals surface area contributed by atoms with Crippen LogP contribution in [0.25, 0.3) is 0 Å². The largest absolute Gasteiger partial charge is 0.356 e. The predicted molar refractivity (Wildman–Crippen MR) is 103 cm³/mol. The molecule has 5 rings (SSSR count). The van der Waals surface area contributed by atoms with E-state index in [0.717, 1.165) is 32.0 Å². The molecule has 142 valence electrons. The van der Waals surface area contributed by atoms with Gasteiger partial charge in [-0.1, -0.05) is 6.42 Å². The average molecular weight is 366 g/mol. The summed E-state index contributed by atoms with van der Waals surface area (Å²) in [7, 11) is 1.78. The third kappa shape index (κ3) is 3.14. The van der Waals surface area contributed by atoms with Crippen molar-refractivity contribution in [3.05, 3.63) is 46.5 Å². The zero-order valence-corrected chi connectivity index (χ0v) is 15.8. The van der Waals surface area contributed by atoms with Gasteiger partial charge in [0.05, 0.1) is 0 Å². The molecule has 0 radical (unpaired) electrons. The summed E-state index contributed by atoms with van der Waals surface area (Å²) in [6.07, 6.45) is 9.02. The van der Waals surface area contributed by atoms with Crippen molar-refractivity contribution < 1.29 is 0 Å². The SMILES string of the molecule is Cn1ccnc(CN2CC3CN(c4cc(C5CCC5)ncn4)CC3C2)c1=O. The fraction of sp³-hybridized carbons (Fsp3) is 0.600. The van der Waals surface area contributed by atoms with Gasteiger partial charge in [-0.15, -0.1) is 0 Å². The molecular formula is C20H26N6O. The minimum Gasteiger partial charge on any atom is -0.356 e. The van der Waals surface area contributed by atoms with Gasteiger partial charge >= 0.3 is 0 Å². The Balaban J connectivity index is 1.23. The summed E-state index contributed by atoms with van der Waals surface area (Å²) in [4.78, 5) is 30.4. The Labute approximate surface area is 159 Å². The molecule has 2 saturated heterocycles. The van der Waals surface area contributed by atoms with E-state index in [-0.39, 0.29) is 5.56 Å². The van der Waals surface area contributed by atoms with E-state index in [1.807, 2.05) is 0 Å². The number of anilines is 1. The first-order valence-corrected chi connectivity index (χ1v) is 9.97. The number of hydrogen-bond acceptors (Lipinski definition) is 6. The second-order valence-electron chi connectivity index (χ2n) is 8.34. The van der Waals surface area contributed by atoms with Gasteiger partial charge < -0.3 is 9.47 Å². The van der Waals surface area contributed by atoms with Gasteiger partial charge in [0.2, 0.25) is 0 Å². The molecular weight excluding hydrogens is 340 g/mol. The van der Waals surface area contributed by atoms with Crippen LogP contribution in [0.3, 0.4) is 0 Å². The first kappa shape index (κ1) is 16.9. The van der Waals surface area contributed by atoms with Crippen molar-refractivity contribution >= 4 is 5.82 Å². The second kappa shape index (κ2) is 6.71. The van der Waals surface area contributed by atoms with Crippen molar-refractivity contribution in [2.45, 2.75) is 31.7 Å². The molecule has 27 heavy (non-hydrogen) atoms. The van der Waals surface area contributed by atoms with Gasteiger partial charge in [0.15, 0.2) is 0 Å². The molecule has 2 atom stereocenters. The lowest BCUT2D eigenvalue weighted by atomic mass is 9.83. The van der Waals surface area contributed by atoms with E-state index in [2.05, 4.69) is 30.8 Å². The average Bonchev–Trinajstić information content (AvgIpc) is 3.16. The van der Waals surface area contributed by atoms with Crippen molar-refractivity contribution in [3.8, 4) is 0 Å².